The van der Waals surface area contributed by atoms with E-state index in [1.165, 1.54) is 0 Å². The number of benzene rings is 1. The van der Waals surface area contributed by atoms with E-state index >= 15 is 0 Å². The molecule has 2 amide bonds. The fourth-order valence-corrected chi connectivity index (χ4v) is 3.79. The summed E-state index contributed by atoms with van der Waals surface area (Å²) >= 11 is 2.71. The number of aromatic nitrogens is 1. The van der Waals surface area contributed by atoms with Gasteiger partial charge in [-0.25, -0.2) is 0 Å². The molecule has 6 nitrogen and oxygen atoms in total. The Morgan fingerprint density at radius 3 is 2.58 bits per heavy atom. The molecular weight excluding hydrogens is 640 g/mol. The molecule has 1 aromatic carbocycles. The number of para-hydroxylation sites is 1. The Morgan fingerprint density at radius 2 is 2.03 bits per heavy atom. The van der Waals surface area contributed by atoms with Crippen LogP contribution in [0.2, 0.25) is 0 Å². The molecule has 0 atom stereocenters. The zero-order valence-electron chi connectivity index (χ0n) is 16.7. The standard InChI is InChI=1S/C19H19F2N3O2.FHNS.V.W/c1-12(2)13-4-3-5-14-15(6-8-22-17(13)14)18(26)23-10-16(25)24-9-7-19(20,21)11-24;1-3-2;;/h3-6,8,12H,7,10-11H2,1-2H3,(H,23,26);2H;;/q;+1;;-2. The van der Waals surface area contributed by atoms with E-state index in [9.17, 15) is 22.3 Å². The SMILES string of the molecule is CC(C)c1cccc2c(C(=O)NCC(=O)N3CC(F)(F)C[C]3=[V])ccnc12.N=[S-](F)=[W]. The summed E-state index contributed by atoms with van der Waals surface area (Å²) in [6, 6.07) is 7.23. The monoisotopic (exact) mass is 660 g/mol. The molecule has 1 aliphatic heterocycles. The molecule has 1 fully saturated rings. The van der Waals surface area contributed by atoms with Crippen LogP contribution in [0, 0.1) is 4.78 Å². The van der Waals surface area contributed by atoms with Crippen LogP contribution < -0.4 is 5.32 Å². The number of fused-ring (bicyclic) bond motifs is 1. The van der Waals surface area contributed by atoms with Gasteiger partial charge in [-0.2, -0.15) is 0 Å². The maximum absolute atomic E-state index is 13.4. The van der Waals surface area contributed by atoms with E-state index in [0.29, 0.717) is 28.9 Å². The van der Waals surface area contributed by atoms with Crippen molar-refractivity contribution in [2.24, 2.45) is 0 Å². The van der Waals surface area contributed by atoms with Crippen molar-refractivity contribution in [1.82, 2.24) is 15.2 Å². The van der Waals surface area contributed by atoms with Gasteiger partial charge in [0.2, 0.25) is 0 Å². The van der Waals surface area contributed by atoms with Crippen LogP contribution in [-0.2, 0) is 48.0 Å². The first-order valence-electron chi connectivity index (χ1n) is 9.11. The second-order valence-corrected chi connectivity index (χ2v) is 11.5. The number of pyridine rings is 1. The van der Waals surface area contributed by atoms with Gasteiger partial charge in [0.25, 0.3) is 0 Å². The minimum absolute atomic E-state index is 0.245. The van der Waals surface area contributed by atoms with Crippen molar-refractivity contribution >= 4 is 35.3 Å². The molecule has 1 saturated heterocycles. The van der Waals surface area contributed by atoms with Gasteiger partial charge in [-0.15, -0.1) is 0 Å². The Labute approximate surface area is 198 Å². The number of halogens is 3. The number of likely N-dealkylation sites (tertiary alicyclic amines) is 1. The number of nitrogens with zero attached hydrogens (tertiary/aromatic N) is 2. The van der Waals surface area contributed by atoms with Crippen LogP contribution >= 0.6 is 0 Å². The average Bonchev–Trinajstić information content (AvgIpc) is 2.96. The van der Waals surface area contributed by atoms with Crippen LogP contribution in [0.15, 0.2) is 30.5 Å². The topological polar surface area (TPSA) is 86.2 Å². The van der Waals surface area contributed by atoms with E-state index in [0.717, 1.165) is 16.0 Å². The average molecular weight is 660 g/mol. The Kier molecular flexibility index (Phi) is 9.18. The molecule has 12 heteroatoms. The molecule has 3 rings (SSSR count). The molecule has 167 valence electrons. The molecule has 2 heterocycles. The third-order valence-electron chi connectivity index (χ3n) is 4.49. The van der Waals surface area contributed by atoms with Crippen molar-refractivity contribution in [3.63, 3.8) is 0 Å². The van der Waals surface area contributed by atoms with Gasteiger partial charge in [0.05, 0.1) is 0 Å². The Morgan fingerprint density at radius 1 is 1.39 bits per heavy atom. The number of carbonyl (C=O) groups is 2. The van der Waals surface area contributed by atoms with Crippen molar-refractivity contribution in [3.05, 3.63) is 41.6 Å². The van der Waals surface area contributed by atoms with E-state index in [1.807, 2.05) is 43.0 Å². The summed E-state index contributed by atoms with van der Waals surface area (Å²) in [4.78, 5) is 30.2. The van der Waals surface area contributed by atoms with Gasteiger partial charge in [-0.1, -0.05) is 0 Å². The van der Waals surface area contributed by atoms with Gasteiger partial charge in [-0.05, 0) is 0 Å². The quantitative estimate of drug-likeness (QED) is 0.494. The van der Waals surface area contributed by atoms with E-state index in [2.05, 4.69) is 10.3 Å². The number of amides is 2. The molecule has 0 spiro atoms. The third-order valence-corrected chi connectivity index (χ3v) is 5.11. The normalized spacial score (nSPS) is 15.2. The maximum atomic E-state index is 13.4. The van der Waals surface area contributed by atoms with Crippen molar-refractivity contribution in [2.45, 2.75) is 32.1 Å². The molecule has 0 radical (unpaired) electrons. The molecular formula is C19H20F3N4O2SVW-. The summed E-state index contributed by atoms with van der Waals surface area (Å²) in [6.07, 6.45) is 1.10. The summed E-state index contributed by atoms with van der Waals surface area (Å²) in [7, 11) is -1.53. The molecule has 0 saturated carbocycles. The van der Waals surface area contributed by atoms with Crippen LogP contribution in [0.3, 0.4) is 0 Å². The van der Waals surface area contributed by atoms with Crippen LogP contribution in [0.4, 0.5) is 12.7 Å². The first-order valence-corrected chi connectivity index (χ1v) is 14.4. The predicted molar refractivity (Wildman–Crippen MR) is 106 cm³/mol. The van der Waals surface area contributed by atoms with Gasteiger partial charge in [0, 0.05) is 0 Å². The zero-order valence-corrected chi connectivity index (χ0v) is 21.8. The van der Waals surface area contributed by atoms with Crippen LogP contribution in [-0.4, -0.2) is 45.1 Å². The van der Waals surface area contributed by atoms with Crippen LogP contribution in [0.1, 0.15) is 42.1 Å². The van der Waals surface area contributed by atoms with Crippen molar-refractivity contribution in [1.29, 1.82) is 4.78 Å². The van der Waals surface area contributed by atoms with Gasteiger partial charge < -0.3 is 0 Å². The number of hydrogen-bond donors (Lipinski definition) is 2. The van der Waals surface area contributed by atoms with Gasteiger partial charge in [0.1, 0.15) is 0 Å². The first-order chi connectivity index (χ1) is 14.4. The summed E-state index contributed by atoms with van der Waals surface area (Å²) in [5, 5.41) is 3.24. The van der Waals surface area contributed by atoms with E-state index in [4.69, 9.17) is 4.78 Å². The zero-order chi connectivity index (χ0) is 23.3. The summed E-state index contributed by atoms with van der Waals surface area (Å²) in [6.45, 7) is 3.10. The number of rotatable bonds is 4. The van der Waals surface area contributed by atoms with Crippen molar-refractivity contribution in [3.8, 4) is 0 Å². The molecule has 2 N–H and O–H groups in total. The molecule has 0 unspecified atom stereocenters. The van der Waals surface area contributed by atoms with Crippen LogP contribution in [0.5, 0.6) is 0 Å². The minimum atomic E-state index is -2.92. The van der Waals surface area contributed by atoms with E-state index in [1.54, 1.807) is 18.3 Å². The number of nitrogens with one attached hydrogen (secondary N) is 2. The summed E-state index contributed by atoms with van der Waals surface area (Å²) in [5.41, 5.74) is 2.17. The second-order valence-electron chi connectivity index (χ2n) is 7.09. The fourth-order valence-electron chi connectivity index (χ4n) is 3.15. The van der Waals surface area contributed by atoms with Gasteiger partial charge in [-0.3, -0.25) is 0 Å². The third kappa shape index (κ3) is 7.07. The molecule has 1 aliphatic rings. The molecule has 31 heavy (non-hydrogen) atoms. The number of carbonyl (C=O) groups excluding carboxylic acids is 2. The van der Waals surface area contributed by atoms with E-state index in [-0.39, 0.29) is 16.8 Å². The second kappa shape index (κ2) is 11.0. The van der Waals surface area contributed by atoms with Gasteiger partial charge in [0.15, 0.2) is 0 Å². The molecule has 1 aromatic heterocycles. The Balaban J connectivity index is 0.000000785. The molecule has 0 aliphatic carbocycles. The fraction of sp³-hybridized carbons (Fsp3) is 0.368. The molecule has 2 aromatic rings. The number of hydrogen-bond acceptors (Lipinski definition) is 5. The Hall–Kier alpha value is -1.35. The van der Waals surface area contributed by atoms with Crippen molar-refractivity contribution in [2.75, 3.05) is 13.1 Å². The number of alkyl halides is 2. The van der Waals surface area contributed by atoms with E-state index < -0.39 is 39.0 Å². The van der Waals surface area contributed by atoms with Gasteiger partial charge >= 0.3 is 199 Å². The summed E-state index contributed by atoms with van der Waals surface area (Å²) < 4.78 is 43.8. The van der Waals surface area contributed by atoms with Crippen molar-refractivity contribution < 1.29 is 57.2 Å². The molecule has 0 bridgehead atoms. The predicted octanol–water partition coefficient (Wildman–Crippen LogP) is 3.35. The summed E-state index contributed by atoms with van der Waals surface area (Å²) in [5.74, 6) is -3.67. The Bertz CT molecular complexity index is 1090. The first kappa shape index (κ1) is 25.9. The van der Waals surface area contributed by atoms with Crippen LogP contribution in [0.25, 0.3) is 10.9 Å².